The Balaban J connectivity index is 0.000000179. The van der Waals surface area contributed by atoms with Gasteiger partial charge in [-0.1, -0.05) is 111 Å². The molecule has 0 fully saturated rings. The van der Waals surface area contributed by atoms with Crippen LogP contribution in [0.1, 0.15) is 30.9 Å². The minimum Gasteiger partial charge on any atom is -0.126 e. The average Bonchev–Trinajstić information content (AvgIpc) is 3.61. The maximum atomic E-state index is 4.93. The van der Waals surface area contributed by atoms with Crippen LogP contribution in [-0.4, -0.2) is 9.52 Å². The zero-order chi connectivity index (χ0) is 30.1. The molecule has 0 aromatic heterocycles. The monoisotopic (exact) mass is 680 g/mol. The van der Waals surface area contributed by atoms with Crippen molar-refractivity contribution in [2.24, 2.45) is 0 Å². The van der Waals surface area contributed by atoms with Gasteiger partial charge in [0.05, 0.1) is 0 Å². The molecule has 7 aromatic carbocycles. The Bertz CT molecular complexity index is 1820. The van der Waals surface area contributed by atoms with Crippen LogP contribution in [0.3, 0.4) is 0 Å². The van der Waals surface area contributed by atoms with Crippen molar-refractivity contribution in [1.29, 1.82) is 0 Å². The van der Waals surface area contributed by atoms with Gasteiger partial charge in [-0.25, -0.2) is 0 Å². The number of fused-ring (bicyclic) bond motifs is 5. The summed E-state index contributed by atoms with van der Waals surface area (Å²) in [5, 5.41) is 10.8. The van der Waals surface area contributed by atoms with E-state index in [0.29, 0.717) is 5.92 Å². The Morgan fingerprint density at radius 2 is 1.10 bits per heavy atom. The molecule has 0 nitrogen and oxygen atoms in total. The molecule has 0 bridgehead atoms. The van der Waals surface area contributed by atoms with Crippen LogP contribution in [0.25, 0.3) is 54.2 Å². The second-order valence-electron chi connectivity index (χ2n) is 10.6. The van der Waals surface area contributed by atoms with Gasteiger partial charge in [-0.3, -0.25) is 0 Å². The average molecular weight is 683 g/mol. The molecule has 0 aliphatic carbocycles. The molecule has 42 heavy (non-hydrogen) atoms. The van der Waals surface area contributed by atoms with Gasteiger partial charge in [-0.05, 0) is 34.7 Å². The van der Waals surface area contributed by atoms with Crippen LogP contribution >= 0.6 is 17.0 Å². The van der Waals surface area contributed by atoms with E-state index in [2.05, 4.69) is 155 Å². The van der Waals surface area contributed by atoms with E-state index in [1.165, 1.54) is 65.3 Å². The fraction of sp³-hybridized carbons (Fsp3) is 0.158. The van der Waals surface area contributed by atoms with Crippen LogP contribution in [0.4, 0.5) is 0 Å². The van der Waals surface area contributed by atoms with E-state index in [-0.39, 0.29) is 0 Å². The third-order valence-electron chi connectivity index (χ3n) is 7.37. The molecule has 7 aromatic rings. The molecular formula is C38H36Cl2SiZr. The number of aryl methyl sites for hydroxylation is 1. The zero-order valence-corrected chi connectivity index (χ0v) is 29.9. The maximum absolute atomic E-state index is 4.93. The Hall–Kier alpha value is -2.48. The van der Waals surface area contributed by atoms with Crippen LogP contribution in [0.5, 0.6) is 0 Å². The van der Waals surface area contributed by atoms with Crippen molar-refractivity contribution in [2.45, 2.75) is 39.8 Å². The van der Waals surface area contributed by atoms with E-state index < -0.39 is 20.8 Å². The molecule has 210 valence electrons. The van der Waals surface area contributed by atoms with Gasteiger partial charge in [0.15, 0.2) is 0 Å². The predicted molar refractivity (Wildman–Crippen MR) is 188 cm³/mol. The molecular weight excluding hydrogens is 647 g/mol. The first-order chi connectivity index (χ1) is 20.4. The molecule has 0 saturated carbocycles. The largest absolute Gasteiger partial charge is 0.126 e. The Morgan fingerprint density at radius 1 is 0.619 bits per heavy atom. The Labute approximate surface area is 271 Å². The number of benzene rings is 5. The van der Waals surface area contributed by atoms with Gasteiger partial charge < -0.3 is 0 Å². The standard InChI is InChI=1S/C23H21.C13H9.C2H6Si.2ClH.Zr/c1-15(2)19-13-18-10-6-11-20(22(18)14-19)21-12-5-9-17-8-4-7-16(3)23(17)21;1-3-7-12-10(5-1)9-11-6-2-4-8-13(11)12;1-3-2;;;/h4-15H,1-3H3;1-9H;1-2H3;2*1H;/q2*-1;;;;+4/p-2. The van der Waals surface area contributed by atoms with Gasteiger partial charge in [-0.15, -0.1) is 74.3 Å². The molecule has 0 spiro atoms. The van der Waals surface area contributed by atoms with Crippen LogP contribution in [0, 0.1) is 6.92 Å². The van der Waals surface area contributed by atoms with Crippen molar-refractivity contribution in [3.05, 3.63) is 132 Å². The van der Waals surface area contributed by atoms with Gasteiger partial charge >= 0.3 is 37.9 Å². The van der Waals surface area contributed by atoms with Crippen LogP contribution < -0.4 is 0 Å². The maximum Gasteiger partial charge on any atom is -0.0771 e. The van der Waals surface area contributed by atoms with Gasteiger partial charge in [0.1, 0.15) is 0 Å². The molecule has 0 aliphatic rings. The van der Waals surface area contributed by atoms with Crippen molar-refractivity contribution in [2.75, 3.05) is 0 Å². The second kappa shape index (κ2) is 15.8. The molecule has 0 heterocycles. The first-order valence-corrected chi connectivity index (χ1v) is 22.5. The Kier molecular flexibility index (Phi) is 12.2. The molecule has 0 unspecified atom stereocenters. The molecule has 7 rings (SSSR count). The minimum absolute atomic E-state index is 0.560. The van der Waals surface area contributed by atoms with Gasteiger partial charge in [0.2, 0.25) is 0 Å². The third kappa shape index (κ3) is 7.53. The molecule has 2 radical (unpaired) electrons. The second-order valence-corrected chi connectivity index (χ2v) is 15.4. The van der Waals surface area contributed by atoms with Gasteiger partial charge in [-0.2, -0.15) is 6.07 Å². The summed E-state index contributed by atoms with van der Waals surface area (Å²) < 4.78 is 0. The van der Waals surface area contributed by atoms with Crippen molar-refractivity contribution in [1.82, 2.24) is 0 Å². The van der Waals surface area contributed by atoms with Crippen LogP contribution in [-0.2, 0) is 20.8 Å². The van der Waals surface area contributed by atoms with Gasteiger partial charge in [0.25, 0.3) is 0 Å². The van der Waals surface area contributed by atoms with Crippen molar-refractivity contribution in [3.8, 4) is 11.1 Å². The van der Waals surface area contributed by atoms with Gasteiger partial charge in [0, 0.05) is 9.52 Å². The van der Waals surface area contributed by atoms with E-state index >= 15 is 0 Å². The third-order valence-corrected chi connectivity index (χ3v) is 7.37. The van der Waals surface area contributed by atoms with E-state index in [0.717, 1.165) is 9.52 Å². The summed E-state index contributed by atoms with van der Waals surface area (Å²) in [5.74, 6) is 0.560. The fourth-order valence-corrected chi connectivity index (χ4v) is 5.48. The summed E-state index contributed by atoms with van der Waals surface area (Å²) >= 11 is -0.826. The summed E-state index contributed by atoms with van der Waals surface area (Å²) in [6.07, 6.45) is 0. The summed E-state index contributed by atoms with van der Waals surface area (Å²) in [6.45, 7) is 11.0. The fourth-order valence-electron chi connectivity index (χ4n) is 5.48. The summed E-state index contributed by atoms with van der Waals surface area (Å²) in [5.41, 5.74) is 5.44. The summed E-state index contributed by atoms with van der Waals surface area (Å²) in [4.78, 5) is 0. The number of rotatable bonds is 2. The molecule has 0 aliphatic heterocycles. The number of hydrogen-bond acceptors (Lipinski definition) is 0. The summed E-state index contributed by atoms with van der Waals surface area (Å²) in [6, 6.07) is 43.8. The SMILES string of the molecule is C[Si]C.Cc1cccc2cccc(-c3cccc4[cH-]c(C(C)C)cc34)c12.[Cl][Zr+2][Cl].c1ccc2c(c1)[cH-]c1ccccc12. The number of halogens is 2. The van der Waals surface area contributed by atoms with Crippen molar-refractivity contribution < 1.29 is 20.8 Å². The molecule has 4 heteroatoms. The molecule has 0 amide bonds. The van der Waals surface area contributed by atoms with E-state index in [4.69, 9.17) is 17.0 Å². The molecule has 0 atom stereocenters. The minimum atomic E-state index is -0.826. The first-order valence-electron chi connectivity index (χ1n) is 14.2. The normalized spacial score (nSPS) is 10.5. The molecule has 0 saturated heterocycles. The first kappa shape index (κ1) is 32.4. The topological polar surface area (TPSA) is 0 Å². The van der Waals surface area contributed by atoms with Crippen molar-refractivity contribution >= 4 is 69.6 Å². The van der Waals surface area contributed by atoms with E-state index in [9.17, 15) is 0 Å². The summed E-state index contributed by atoms with van der Waals surface area (Å²) in [7, 11) is 11.0. The number of hydrogen-bond donors (Lipinski definition) is 0. The van der Waals surface area contributed by atoms with E-state index in [1.807, 2.05) is 0 Å². The molecule has 0 N–H and O–H groups in total. The van der Waals surface area contributed by atoms with Crippen LogP contribution in [0.15, 0.2) is 121 Å². The quantitative estimate of drug-likeness (QED) is 0.126. The smallest absolute Gasteiger partial charge is 0.0771 e. The van der Waals surface area contributed by atoms with Crippen LogP contribution in [0.2, 0.25) is 13.1 Å². The van der Waals surface area contributed by atoms with Crippen molar-refractivity contribution in [3.63, 3.8) is 0 Å². The predicted octanol–water partition coefficient (Wildman–Crippen LogP) is 12.7. The zero-order valence-electron chi connectivity index (χ0n) is 24.9. The van der Waals surface area contributed by atoms with E-state index in [1.54, 1.807) is 0 Å². The Morgan fingerprint density at radius 3 is 1.69 bits per heavy atom.